The van der Waals surface area contributed by atoms with Crippen LogP contribution in [0.4, 0.5) is 4.79 Å². The highest BCUT2D eigenvalue weighted by Crippen LogP contribution is 1.95. The molecule has 17 heavy (non-hydrogen) atoms. The van der Waals surface area contributed by atoms with Gasteiger partial charge in [-0.1, -0.05) is 6.92 Å². The van der Waals surface area contributed by atoms with Crippen LogP contribution in [0.25, 0.3) is 0 Å². The van der Waals surface area contributed by atoms with Crippen LogP contribution in [-0.4, -0.2) is 37.7 Å². The minimum atomic E-state index is -4.24. The second-order valence-corrected chi connectivity index (χ2v) is 4.92. The number of carbonyl (C=O) groups excluding carboxylic acids is 1. The minimum Gasteiger partial charge on any atom is -0.480 e. The zero-order chi connectivity index (χ0) is 13.6. The number of aliphatic carboxylic acids is 1. The van der Waals surface area contributed by atoms with E-state index < -0.39 is 34.4 Å². The highest BCUT2D eigenvalue weighted by Gasteiger charge is 2.24. The molecule has 1 amide bonds. The van der Waals surface area contributed by atoms with Gasteiger partial charge in [-0.05, 0) is 20.3 Å². The number of rotatable bonds is 6. The van der Waals surface area contributed by atoms with E-state index in [1.807, 2.05) is 4.72 Å². The Labute approximate surface area is 99.5 Å². The Kier molecular flexibility index (Phi) is 5.89. The fraction of sp³-hybridized carbons (Fsp3) is 0.750. The lowest BCUT2D eigenvalue weighted by molar-refractivity contribution is -0.139. The van der Waals surface area contributed by atoms with E-state index in [0.717, 1.165) is 0 Å². The summed E-state index contributed by atoms with van der Waals surface area (Å²) in [6.45, 7) is 4.59. The van der Waals surface area contributed by atoms with Gasteiger partial charge in [-0.15, -0.1) is 0 Å². The summed E-state index contributed by atoms with van der Waals surface area (Å²) in [6.07, 6.45) is -1.59. The summed E-state index contributed by atoms with van der Waals surface area (Å²) in [4.78, 5) is 21.6. The highest BCUT2D eigenvalue weighted by molar-refractivity contribution is 7.88. The molecule has 0 aromatic heterocycles. The number of carboxylic acid groups (broad SMARTS) is 1. The van der Waals surface area contributed by atoms with Gasteiger partial charge in [0.05, 0.1) is 6.10 Å². The normalized spacial score (nSPS) is 13.2. The third-order valence-corrected chi connectivity index (χ3v) is 2.59. The van der Waals surface area contributed by atoms with Crippen molar-refractivity contribution in [3.05, 3.63) is 0 Å². The van der Waals surface area contributed by atoms with Crippen LogP contribution < -0.4 is 9.44 Å². The molecule has 8 nitrogen and oxygen atoms in total. The predicted octanol–water partition coefficient (Wildman–Crippen LogP) is -0.181. The first-order valence-corrected chi connectivity index (χ1v) is 6.39. The average Bonchev–Trinajstić information content (AvgIpc) is 2.11. The first-order valence-electron chi connectivity index (χ1n) is 4.91. The number of carbonyl (C=O) groups is 2. The fourth-order valence-corrected chi connectivity index (χ4v) is 1.84. The molecule has 0 aromatic carbocycles. The summed E-state index contributed by atoms with van der Waals surface area (Å²) in [5, 5.41) is 8.65. The molecule has 0 heterocycles. The molecular formula is C8H16N2O6S. The average molecular weight is 268 g/mol. The smallest absolute Gasteiger partial charge is 0.422 e. The van der Waals surface area contributed by atoms with Crippen LogP contribution in [0, 0.1) is 0 Å². The van der Waals surface area contributed by atoms with Crippen molar-refractivity contribution in [3.63, 3.8) is 0 Å². The summed E-state index contributed by atoms with van der Waals surface area (Å²) >= 11 is 0. The Morgan fingerprint density at radius 1 is 1.35 bits per heavy atom. The molecule has 3 N–H and O–H groups in total. The molecule has 100 valence electrons. The number of carboxylic acids is 1. The molecule has 0 spiro atoms. The van der Waals surface area contributed by atoms with Gasteiger partial charge < -0.3 is 9.84 Å². The molecule has 0 aliphatic rings. The van der Waals surface area contributed by atoms with E-state index in [-0.39, 0.29) is 6.42 Å². The van der Waals surface area contributed by atoms with Gasteiger partial charge in [0.2, 0.25) is 0 Å². The molecule has 0 unspecified atom stereocenters. The van der Waals surface area contributed by atoms with Crippen LogP contribution in [0.5, 0.6) is 0 Å². The number of nitrogens with one attached hydrogen (secondary N) is 2. The van der Waals surface area contributed by atoms with Crippen molar-refractivity contribution >= 4 is 22.3 Å². The van der Waals surface area contributed by atoms with Gasteiger partial charge in [-0.2, -0.15) is 13.1 Å². The van der Waals surface area contributed by atoms with Gasteiger partial charge in [-0.25, -0.2) is 9.52 Å². The molecular weight excluding hydrogens is 252 g/mol. The van der Waals surface area contributed by atoms with E-state index in [9.17, 15) is 18.0 Å². The standard InChI is InChI=1S/C8H16N2O6S/c1-4-6(7(11)12)9-17(14,15)10-8(13)16-5(2)3/h5-6,9H,4H2,1-3H3,(H,10,13)(H,11,12)/t6-/m1/s1. The molecule has 0 saturated carbocycles. The summed E-state index contributed by atoms with van der Waals surface area (Å²) in [5.41, 5.74) is 0. The van der Waals surface area contributed by atoms with Crippen molar-refractivity contribution in [2.75, 3.05) is 0 Å². The van der Waals surface area contributed by atoms with E-state index in [1.54, 1.807) is 18.6 Å². The Morgan fingerprint density at radius 3 is 2.24 bits per heavy atom. The van der Waals surface area contributed by atoms with Gasteiger partial charge in [0.15, 0.2) is 0 Å². The first-order chi connectivity index (χ1) is 7.68. The molecule has 0 saturated heterocycles. The van der Waals surface area contributed by atoms with Crippen molar-refractivity contribution in [2.24, 2.45) is 0 Å². The van der Waals surface area contributed by atoms with Crippen LogP contribution >= 0.6 is 0 Å². The van der Waals surface area contributed by atoms with Gasteiger partial charge in [0.25, 0.3) is 0 Å². The van der Waals surface area contributed by atoms with Crippen LogP contribution in [0.2, 0.25) is 0 Å². The summed E-state index contributed by atoms with van der Waals surface area (Å²) in [6, 6.07) is -1.29. The second kappa shape index (κ2) is 6.40. The monoisotopic (exact) mass is 268 g/mol. The molecule has 9 heteroatoms. The Morgan fingerprint density at radius 2 is 1.88 bits per heavy atom. The summed E-state index contributed by atoms with van der Waals surface area (Å²) in [5.74, 6) is -1.32. The first kappa shape index (κ1) is 15.7. The van der Waals surface area contributed by atoms with Gasteiger partial charge in [0, 0.05) is 0 Å². The SMILES string of the molecule is CC[C@@H](NS(=O)(=O)NC(=O)OC(C)C)C(=O)O. The van der Waals surface area contributed by atoms with Gasteiger partial charge in [0.1, 0.15) is 6.04 Å². The molecule has 0 fully saturated rings. The molecule has 0 bridgehead atoms. The van der Waals surface area contributed by atoms with E-state index in [4.69, 9.17) is 5.11 Å². The lowest BCUT2D eigenvalue weighted by atomic mass is 10.2. The van der Waals surface area contributed by atoms with Gasteiger partial charge >= 0.3 is 22.3 Å². The quantitative estimate of drug-likeness (QED) is 0.614. The summed E-state index contributed by atoms with van der Waals surface area (Å²) in [7, 11) is -4.24. The molecule has 0 aromatic rings. The van der Waals surface area contributed by atoms with Crippen LogP contribution in [0.1, 0.15) is 27.2 Å². The number of amides is 1. The zero-order valence-electron chi connectivity index (χ0n) is 9.76. The van der Waals surface area contributed by atoms with E-state index in [1.165, 1.54) is 6.92 Å². The second-order valence-electron chi connectivity index (χ2n) is 3.48. The van der Waals surface area contributed by atoms with Crippen LogP contribution in [0.3, 0.4) is 0 Å². The van der Waals surface area contributed by atoms with E-state index in [2.05, 4.69) is 4.74 Å². The highest BCUT2D eigenvalue weighted by atomic mass is 32.2. The van der Waals surface area contributed by atoms with Crippen LogP contribution in [0.15, 0.2) is 0 Å². The maximum Gasteiger partial charge on any atom is 0.422 e. The van der Waals surface area contributed by atoms with Crippen molar-refractivity contribution in [3.8, 4) is 0 Å². The molecule has 0 rings (SSSR count). The third-order valence-electron chi connectivity index (χ3n) is 1.56. The maximum atomic E-state index is 11.3. The van der Waals surface area contributed by atoms with Crippen molar-refractivity contribution in [2.45, 2.75) is 39.3 Å². The zero-order valence-corrected chi connectivity index (χ0v) is 10.6. The largest absolute Gasteiger partial charge is 0.480 e. The molecule has 1 atom stereocenters. The molecule has 0 aliphatic heterocycles. The molecule has 0 aliphatic carbocycles. The van der Waals surface area contributed by atoms with E-state index >= 15 is 0 Å². The number of hydrogen-bond donors (Lipinski definition) is 3. The van der Waals surface area contributed by atoms with Gasteiger partial charge in [-0.3, -0.25) is 4.79 Å². The van der Waals surface area contributed by atoms with Crippen molar-refractivity contribution in [1.29, 1.82) is 0 Å². The lowest BCUT2D eigenvalue weighted by Gasteiger charge is -2.14. The Hall–Kier alpha value is -1.35. The third kappa shape index (κ3) is 6.74. The Bertz CT molecular complexity index is 377. The minimum absolute atomic E-state index is 0.0511. The van der Waals surface area contributed by atoms with E-state index in [0.29, 0.717) is 0 Å². The topological polar surface area (TPSA) is 122 Å². The Balaban J connectivity index is 4.49. The summed E-state index contributed by atoms with van der Waals surface area (Å²) < 4.78 is 30.5. The predicted molar refractivity (Wildman–Crippen MR) is 58.5 cm³/mol. The van der Waals surface area contributed by atoms with Crippen molar-refractivity contribution in [1.82, 2.24) is 9.44 Å². The number of hydrogen-bond acceptors (Lipinski definition) is 5. The fourth-order valence-electron chi connectivity index (χ4n) is 0.873. The van der Waals surface area contributed by atoms with Crippen LogP contribution in [-0.2, 0) is 19.7 Å². The maximum absolute atomic E-state index is 11.3. The molecule has 0 radical (unpaired) electrons. The number of ether oxygens (including phenoxy) is 1. The lowest BCUT2D eigenvalue weighted by Crippen LogP contribution is -2.48. The van der Waals surface area contributed by atoms with Crippen molar-refractivity contribution < 1.29 is 27.9 Å².